The van der Waals surface area contributed by atoms with Crippen LogP contribution < -0.4 is 10.1 Å². The number of non-ortho nitro benzene ring substituents is 1. The summed E-state index contributed by atoms with van der Waals surface area (Å²) in [5, 5.41) is 22.7. The molecule has 0 aliphatic heterocycles. The zero-order chi connectivity index (χ0) is 22.2. The highest BCUT2D eigenvalue weighted by molar-refractivity contribution is 9.10. The van der Waals surface area contributed by atoms with Crippen LogP contribution in [0, 0.1) is 21.4 Å². The number of nitrogens with one attached hydrogen (secondary N) is 1. The van der Waals surface area contributed by atoms with Gasteiger partial charge < -0.3 is 10.1 Å². The summed E-state index contributed by atoms with van der Waals surface area (Å²) in [5.41, 5.74) is 1.60. The number of hydrogen-bond acceptors (Lipinski definition) is 5. The molecule has 0 spiro atoms. The van der Waals surface area contributed by atoms with Crippen molar-refractivity contribution in [3.05, 3.63) is 104 Å². The summed E-state index contributed by atoms with van der Waals surface area (Å²) in [7, 11) is 0. The SMILES string of the molecule is N#C/C(=C\c1ccc(OCc2ccccc2Br)cc1)C(=O)Nc1cccc([N+](=O)[O-])c1. The van der Waals surface area contributed by atoms with Crippen LogP contribution in [-0.4, -0.2) is 10.8 Å². The molecule has 0 aliphatic carbocycles. The Bertz CT molecular complexity index is 1180. The zero-order valence-corrected chi connectivity index (χ0v) is 17.7. The maximum atomic E-state index is 12.4. The van der Waals surface area contributed by atoms with Gasteiger partial charge in [-0.25, -0.2) is 0 Å². The average Bonchev–Trinajstić information content (AvgIpc) is 2.78. The second-order valence-electron chi connectivity index (χ2n) is 6.38. The Morgan fingerprint density at radius 3 is 2.55 bits per heavy atom. The van der Waals surface area contributed by atoms with Crippen molar-refractivity contribution in [2.75, 3.05) is 5.32 Å². The molecule has 1 amide bonds. The van der Waals surface area contributed by atoms with Gasteiger partial charge in [0.1, 0.15) is 24.0 Å². The molecule has 0 aromatic heterocycles. The Hall–Kier alpha value is -3.96. The molecule has 0 saturated carbocycles. The highest BCUT2D eigenvalue weighted by Crippen LogP contribution is 2.21. The van der Waals surface area contributed by atoms with Crippen LogP contribution in [0.2, 0.25) is 0 Å². The van der Waals surface area contributed by atoms with Crippen molar-refractivity contribution < 1.29 is 14.5 Å². The molecule has 3 aromatic carbocycles. The summed E-state index contributed by atoms with van der Waals surface area (Å²) < 4.78 is 6.73. The number of nitrogens with zero attached hydrogens (tertiary/aromatic N) is 2. The van der Waals surface area contributed by atoms with Crippen LogP contribution in [0.25, 0.3) is 6.08 Å². The number of nitro groups is 1. The Balaban J connectivity index is 1.67. The van der Waals surface area contributed by atoms with Crippen LogP contribution in [0.3, 0.4) is 0 Å². The Morgan fingerprint density at radius 1 is 1.13 bits per heavy atom. The van der Waals surface area contributed by atoms with Crippen molar-refractivity contribution in [1.29, 1.82) is 5.26 Å². The number of hydrogen-bond donors (Lipinski definition) is 1. The monoisotopic (exact) mass is 477 g/mol. The smallest absolute Gasteiger partial charge is 0.271 e. The summed E-state index contributed by atoms with van der Waals surface area (Å²) >= 11 is 3.48. The minimum atomic E-state index is -0.655. The number of ether oxygens (including phenoxy) is 1. The first-order chi connectivity index (χ1) is 15.0. The van der Waals surface area contributed by atoms with Crippen molar-refractivity contribution in [3.63, 3.8) is 0 Å². The van der Waals surface area contributed by atoms with Crippen LogP contribution in [0.1, 0.15) is 11.1 Å². The molecule has 0 heterocycles. The first kappa shape index (κ1) is 21.7. The third-order valence-electron chi connectivity index (χ3n) is 4.22. The van der Waals surface area contributed by atoms with Gasteiger partial charge in [-0.05, 0) is 35.9 Å². The second-order valence-corrected chi connectivity index (χ2v) is 7.23. The topological polar surface area (TPSA) is 105 Å². The average molecular weight is 478 g/mol. The Labute approximate surface area is 186 Å². The van der Waals surface area contributed by atoms with Gasteiger partial charge in [0.05, 0.1) is 4.92 Å². The molecule has 31 heavy (non-hydrogen) atoms. The molecule has 0 saturated heterocycles. The Morgan fingerprint density at radius 2 is 1.87 bits per heavy atom. The molecule has 0 bridgehead atoms. The lowest BCUT2D eigenvalue weighted by Crippen LogP contribution is -2.13. The first-order valence-electron chi connectivity index (χ1n) is 9.10. The van der Waals surface area contributed by atoms with E-state index >= 15 is 0 Å². The summed E-state index contributed by atoms with van der Waals surface area (Å²) in [5.74, 6) is -0.00953. The fourth-order valence-electron chi connectivity index (χ4n) is 2.65. The molecule has 8 heteroatoms. The molecule has 0 fully saturated rings. The van der Waals surface area contributed by atoms with E-state index in [-0.39, 0.29) is 16.9 Å². The molecule has 7 nitrogen and oxygen atoms in total. The number of carbonyl (C=O) groups is 1. The van der Waals surface area contributed by atoms with Crippen molar-refractivity contribution in [1.82, 2.24) is 0 Å². The number of amides is 1. The third kappa shape index (κ3) is 6.01. The molecule has 0 atom stereocenters. The van der Waals surface area contributed by atoms with E-state index in [9.17, 15) is 20.2 Å². The third-order valence-corrected chi connectivity index (χ3v) is 5.00. The molecule has 3 aromatic rings. The number of halogens is 1. The van der Waals surface area contributed by atoms with Crippen LogP contribution >= 0.6 is 15.9 Å². The van der Waals surface area contributed by atoms with Crippen LogP contribution in [0.5, 0.6) is 5.75 Å². The van der Waals surface area contributed by atoms with Crippen molar-refractivity contribution >= 4 is 39.3 Å². The van der Waals surface area contributed by atoms with Gasteiger partial charge in [0.15, 0.2) is 0 Å². The van der Waals surface area contributed by atoms with Crippen LogP contribution in [-0.2, 0) is 11.4 Å². The fourth-order valence-corrected chi connectivity index (χ4v) is 3.05. The fraction of sp³-hybridized carbons (Fsp3) is 0.0435. The first-order valence-corrected chi connectivity index (χ1v) is 9.89. The van der Waals surface area contributed by atoms with Crippen molar-refractivity contribution in [2.45, 2.75) is 6.61 Å². The standard InChI is InChI=1S/C23H16BrN3O4/c24-22-7-2-1-4-17(22)15-31-21-10-8-16(9-11-21)12-18(14-25)23(28)26-19-5-3-6-20(13-19)27(29)30/h1-13H,15H2,(H,26,28)/b18-12+. The number of carbonyl (C=O) groups excluding carboxylic acids is 1. The van der Waals surface area contributed by atoms with Gasteiger partial charge in [-0.3, -0.25) is 14.9 Å². The normalized spacial score (nSPS) is 10.8. The molecule has 1 N–H and O–H groups in total. The lowest BCUT2D eigenvalue weighted by atomic mass is 10.1. The van der Waals surface area contributed by atoms with E-state index in [4.69, 9.17) is 4.74 Å². The quantitative estimate of drug-likeness (QED) is 0.210. The Kier molecular flexibility index (Phi) is 7.14. The molecule has 154 valence electrons. The lowest BCUT2D eigenvalue weighted by Gasteiger charge is -2.08. The molecular formula is C23H16BrN3O4. The number of nitro benzene ring substituents is 1. The number of anilines is 1. The van der Waals surface area contributed by atoms with Gasteiger partial charge in [-0.1, -0.05) is 52.3 Å². The summed E-state index contributed by atoms with van der Waals surface area (Å²) in [6, 6.07) is 22.1. The molecule has 0 aliphatic rings. The number of nitriles is 1. The van der Waals surface area contributed by atoms with E-state index in [1.807, 2.05) is 30.3 Å². The maximum Gasteiger partial charge on any atom is 0.271 e. The highest BCUT2D eigenvalue weighted by atomic mass is 79.9. The summed E-state index contributed by atoms with van der Waals surface area (Å²) in [4.78, 5) is 22.7. The van der Waals surface area contributed by atoms with Gasteiger partial charge in [0.2, 0.25) is 0 Å². The van der Waals surface area contributed by atoms with E-state index in [0.717, 1.165) is 10.0 Å². The van der Waals surface area contributed by atoms with Gasteiger partial charge in [-0.15, -0.1) is 0 Å². The predicted octanol–water partition coefficient (Wildman–Crippen LogP) is 5.48. The van der Waals surface area contributed by atoms with E-state index in [1.165, 1.54) is 30.3 Å². The number of rotatable bonds is 7. The molecular weight excluding hydrogens is 462 g/mol. The minimum Gasteiger partial charge on any atom is -0.489 e. The second kappa shape index (κ2) is 10.2. The van der Waals surface area contributed by atoms with Gasteiger partial charge >= 0.3 is 0 Å². The van der Waals surface area contributed by atoms with E-state index in [0.29, 0.717) is 17.9 Å². The van der Waals surface area contributed by atoms with E-state index < -0.39 is 10.8 Å². The summed E-state index contributed by atoms with van der Waals surface area (Å²) in [6.07, 6.45) is 1.43. The van der Waals surface area contributed by atoms with Crippen molar-refractivity contribution in [3.8, 4) is 11.8 Å². The summed E-state index contributed by atoms with van der Waals surface area (Å²) in [6.45, 7) is 0.395. The van der Waals surface area contributed by atoms with Gasteiger partial charge in [-0.2, -0.15) is 5.26 Å². The van der Waals surface area contributed by atoms with E-state index in [2.05, 4.69) is 21.2 Å². The van der Waals surface area contributed by atoms with E-state index in [1.54, 1.807) is 24.3 Å². The van der Waals surface area contributed by atoms with Crippen molar-refractivity contribution in [2.24, 2.45) is 0 Å². The highest BCUT2D eigenvalue weighted by Gasteiger charge is 2.12. The van der Waals surface area contributed by atoms with Crippen LogP contribution in [0.4, 0.5) is 11.4 Å². The molecule has 0 radical (unpaired) electrons. The maximum absolute atomic E-state index is 12.4. The van der Waals surface area contributed by atoms with Gasteiger partial charge in [0.25, 0.3) is 11.6 Å². The largest absolute Gasteiger partial charge is 0.489 e. The van der Waals surface area contributed by atoms with Crippen LogP contribution in [0.15, 0.2) is 82.8 Å². The zero-order valence-electron chi connectivity index (χ0n) is 16.1. The minimum absolute atomic E-state index is 0.131. The number of benzene rings is 3. The molecule has 3 rings (SSSR count). The van der Waals surface area contributed by atoms with Gasteiger partial charge in [0, 0.05) is 27.9 Å². The lowest BCUT2D eigenvalue weighted by molar-refractivity contribution is -0.384. The molecule has 0 unspecified atom stereocenters. The predicted molar refractivity (Wildman–Crippen MR) is 120 cm³/mol.